The summed E-state index contributed by atoms with van der Waals surface area (Å²) in [6.07, 6.45) is 8.52. The van der Waals surface area contributed by atoms with Crippen molar-refractivity contribution < 1.29 is 9.53 Å². The fourth-order valence-corrected chi connectivity index (χ4v) is 4.50. The van der Waals surface area contributed by atoms with E-state index in [1.807, 2.05) is 32.7 Å². The molecule has 2 heterocycles. The highest BCUT2D eigenvalue weighted by Crippen LogP contribution is 2.45. The number of carbonyl (C=O) groups is 1. The highest BCUT2D eigenvalue weighted by Gasteiger charge is 2.36. The standard InChI is InChI=1S/C26H39N3O2/c1-16(2)22(23-21(19-11-12-19)14-28-24(23)27-8)20-10-9-18(4)29(15-17(3)13-20)25(30)31-26(5,6)7/h13-14,17-19H,1,9-12,15H2,2-8H3,(H,27,28)/b20-13-,23-22+/t17-,18-/m1/s1. The number of amidine groups is 1. The average Bonchev–Trinajstić information content (AvgIpc) is 3.41. The first-order valence-corrected chi connectivity index (χ1v) is 11.6. The van der Waals surface area contributed by atoms with Crippen LogP contribution >= 0.6 is 0 Å². The maximum absolute atomic E-state index is 12.8. The van der Waals surface area contributed by atoms with E-state index in [-0.39, 0.29) is 18.1 Å². The summed E-state index contributed by atoms with van der Waals surface area (Å²) in [6, 6.07) is 0.108. The van der Waals surface area contributed by atoms with E-state index in [0.717, 1.165) is 24.3 Å². The molecule has 0 unspecified atom stereocenters. The third-order valence-corrected chi connectivity index (χ3v) is 6.09. The van der Waals surface area contributed by atoms with E-state index in [4.69, 9.17) is 4.74 Å². The predicted molar refractivity (Wildman–Crippen MR) is 128 cm³/mol. The maximum atomic E-state index is 12.8. The summed E-state index contributed by atoms with van der Waals surface area (Å²) in [5.41, 5.74) is 5.74. The van der Waals surface area contributed by atoms with Crippen molar-refractivity contribution in [3.05, 3.63) is 46.7 Å². The second-order valence-electron chi connectivity index (χ2n) is 10.3. The first-order valence-electron chi connectivity index (χ1n) is 11.6. The van der Waals surface area contributed by atoms with Crippen LogP contribution < -0.4 is 5.32 Å². The first-order chi connectivity index (χ1) is 14.5. The quantitative estimate of drug-likeness (QED) is 0.625. The Bertz CT molecular complexity index is 866. The number of ether oxygens (including phenoxy) is 1. The monoisotopic (exact) mass is 425 g/mol. The van der Waals surface area contributed by atoms with Gasteiger partial charge in [0.1, 0.15) is 11.4 Å². The van der Waals surface area contributed by atoms with Crippen molar-refractivity contribution in [2.24, 2.45) is 16.8 Å². The zero-order valence-electron chi connectivity index (χ0n) is 20.3. The molecule has 0 aromatic heterocycles. The summed E-state index contributed by atoms with van der Waals surface area (Å²) in [5, 5.41) is 3.39. The van der Waals surface area contributed by atoms with Gasteiger partial charge in [0.15, 0.2) is 0 Å². The molecular formula is C26H39N3O2. The molecule has 0 aromatic carbocycles. The predicted octanol–water partition coefficient (Wildman–Crippen LogP) is 5.77. The summed E-state index contributed by atoms with van der Waals surface area (Å²) in [4.78, 5) is 19.2. The highest BCUT2D eigenvalue weighted by atomic mass is 16.6. The van der Waals surface area contributed by atoms with E-state index in [1.54, 1.807) is 0 Å². The summed E-state index contributed by atoms with van der Waals surface area (Å²) in [7, 11) is 1.85. The Kier molecular flexibility index (Phi) is 6.82. The van der Waals surface area contributed by atoms with E-state index in [0.29, 0.717) is 12.5 Å². The minimum Gasteiger partial charge on any atom is -0.444 e. The van der Waals surface area contributed by atoms with E-state index < -0.39 is 5.60 Å². The number of allylic oxidation sites excluding steroid dienone is 3. The van der Waals surface area contributed by atoms with Crippen LogP contribution in [0.2, 0.25) is 0 Å². The molecule has 0 aromatic rings. The first kappa shape index (κ1) is 23.4. The summed E-state index contributed by atoms with van der Waals surface area (Å²) < 4.78 is 5.67. The molecule has 170 valence electrons. The van der Waals surface area contributed by atoms with Gasteiger partial charge in [0, 0.05) is 31.4 Å². The molecule has 0 saturated heterocycles. The van der Waals surface area contributed by atoms with Gasteiger partial charge in [-0.15, -0.1) is 0 Å². The molecule has 5 heteroatoms. The van der Waals surface area contributed by atoms with Gasteiger partial charge in [0.05, 0.1) is 0 Å². The van der Waals surface area contributed by atoms with Gasteiger partial charge in [-0.1, -0.05) is 25.2 Å². The SMILES string of the molecule is C=C(C)C(/C1=C\[C@@H](C)CN(C(=O)OC(C)(C)C)[C@H](C)CC1)=C1/C(C2CC2)=CN/C1=N/C. The molecule has 1 aliphatic carbocycles. The molecule has 2 atom stereocenters. The van der Waals surface area contributed by atoms with Crippen molar-refractivity contribution >= 4 is 11.9 Å². The summed E-state index contributed by atoms with van der Waals surface area (Å²) in [6.45, 7) is 17.1. The topological polar surface area (TPSA) is 53.9 Å². The average molecular weight is 426 g/mol. The zero-order valence-corrected chi connectivity index (χ0v) is 20.3. The molecule has 1 fully saturated rings. The van der Waals surface area contributed by atoms with E-state index in [1.165, 1.54) is 35.1 Å². The van der Waals surface area contributed by atoms with Crippen LogP contribution in [0.1, 0.15) is 67.2 Å². The second-order valence-corrected chi connectivity index (χ2v) is 10.3. The molecule has 1 amide bonds. The number of hydrogen-bond donors (Lipinski definition) is 1. The van der Waals surface area contributed by atoms with Crippen LogP contribution in [0.5, 0.6) is 0 Å². The molecule has 3 aliphatic rings. The smallest absolute Gasteiger partial charge is 0.410 e. The summed E-state index contributed by atoms with van der Waals surface area (Å²) in [5.74, 6) is 1.79. The summed E-state index contributed by atoms with van der Waals surface area (Å²) >= 11 is 0. The number of carbonyl (C=O) groups excluding carboxylic acids is 1. The van der Waals surface area contributed by atoms with Crippen LogP contribution in [-0.2, 0) is 4.74 Å². The molecule has 1 N–H and O–H groups in total. The molecule has 0 bridgehead atoms. The lowest BCUT2D eigenvalue weighted by Crippen LogP contribution is -2.44. The third-order valence-electron chi connectivity index (χ3n) is 6.09. The van der Waals surface area contributed by atoms with Crippen LogP contribution in [-0.4, -0.2) is 42.1 Å². The Hall–Kier alpha value is -2.30. The number of nitrogens with zero attached hydrogens (tertiary/aromatic N) is 2. The Balaban J connectivity index is 1.95. The van der Waals surface area contributed by atoms with E-state index >= 15 is 0 Å². The Morgan fingerprint density at radius 1 is 1.26 bits per heavy atom. The van der Waals surface area contributed by atoms with Crippen LogP contribution in [0.25, 0.3) is 0 Å². The molecule has 0 radical (unpaired) electrons. The zero-order chi connectivity index (χ0) is 22.9. The molecular weight excluding hydrogens is 386 g/mol. The number of aliphatic imine (C=N–C) groups is 1. The Morgan fingerprint density at radius 2 is 1.94 bits per heavy atom. The van der Waals surface area contributed by atoms with Gasteiger partial charge < -0.3 is 15.0 Å². The second kappa shape index (κ2) is 9.05. The molecule has 31 heavy (non-hydrogen) atoms. The van der Waals surface area contributed by atoms with Gasteiger partial charge >= 0.3 is 6.09 Å². The van der Waals surface area contributed by atoms with Gasteiger partial charge in [0.25, 0.3) is 0 Å². The third kappa shape index (κ3) is 5.50. The molecule has 2 aliphatic heterocycles. The van der Waals surface area contributed by atoms with Gasteiger partial charge in [-0.3, -0.25) is 4.99 Å². The minimum absolute atomic E-state index is 0.108. The van der Waals surface area contributed by atoms with Crippen molar-refractivity contribution in [1.82, 2.24) is 10.2 Å². The van der Waals surface area contributed by atoms with Crippen LogP contribution in [0.15, 0.2) is 51.7 Å². The molecule has 3 rings (SSSR count). The lowest BCUT2D eigenvalue weighted by atomic mass is 9.84. The molecule has 0 spiro atoms. The minimum atomic E-state index is -0.488. The van der Waals surface area contributed by atoms with E-state index in [9.17, 15) is 4.79 Å². The van der Waals surface area contributed by atoms with Crippen molar-refractivity contribution in [3.8, 4) is 0 Å². The molecule has 1 saturated carbocycles. The number of nitrogens with one attached hydrogen (secondary N) is 1. The normalized spacial score (nSPS) is 29.4. The van der Waals surface area contributed by atoms with Gasteiger partial charge in [0.2, 0.25) is 0 Å². The van der Waals surface area contributed by atoms with Crippen LogP contribution in [0, 0.1) is 11.8 Å². The van der Waals surface area contributed by atoms with Crippen molar-refractivity contribution in [2.45, 2.75) is 78.9 Å². The molecule has 5 nitrogen and oxygen atoms in total. The Morgan fingerprint density at radius 3 is 2.48 bits per heavy atom. The lowest BCUT2D eigenvalue weighted by Gasteiger charge is -2.35. The van der Waals surface area contributed by atoms with Gasteiger partial charge in [-0.2, -0.15) is 0 Å². The maximum Gasteiger partial charge on any atom is 0.410 e. The fourth-order valence-electron chi connectivity index (χ4n) is 4.50. The van der Waals surface area contributed by atoms with Gasteiger partial charge in [-0.05, 0) is 88.9 Å². The lowest BCUT2D eigenvalue weighted by molar-refractivity contribution is 0.0146. The number of amides is 1. The highest BCUT2D eigenvalue weighted by molar-refractivity contribution is 6.07. The Labute approximate surface area is 188 Å². The van der Waals surface area contributed by atoms with Crippen molar-refractivity contribution in [1.29, 1.82) is 0 Å². The van der Waals surface area contributed by atoms with E-state index in [2.05, 4.69) is 49.9 Å². The largest absolute Gasteiger partial charge is 0.444 e. The van der Waals surface area contributed by atoms with Crippen LogP contribution in [0.4, 0.5) is 4.79 Å². The van der Waals surface area contributed by atoms with Crippen molar-refractivity contribution in [2.75, 3.05) is 13.6 Å². The van der Waals surface area contributed by atoms with Crippen molar-refractivity contribution in [3.63, 3.8) is 0 Å². The van der Waals surface area contributed by atoms with Crippen LogP contribution in [0.3, 0.4) is 0 Å². The fraction of sp³-hybridized carbons (Fsp3) is 0.615. The number of hydrogen-bond acceptors (Lipinski definition) is 3. The van der Waals surface area contributed by atoms with Gasteiger partial charge in [-0.25, -0.2) is 4.79 Å². The number of rotatable bonds is 3.